The van der Waals surface area contributed by atoms with E-state index < -0.39 is 5.25 Å². The number of nitrogens with one attached hydrogen (secondary N) is 1. The van der Waals surface area contributed by atoms with Crippen LogP contribution in [0.15, 0.2) is 29.3 Å². The van der Waals surface area contributed by atoms with Crippen LogP contribution in [0.1, 0.15) is 43.0 Å². The second-order valence-corrected chi connectivity index (χ2v) is 7.60. The summed E-state index contributed by atoms with van der Waals surface area (Å²) in [6, 6.07) is 6.56. The lowest BCUT2D eigenvalue weighted by Gasteiger charge is -2.33. The van der Waals surface area contributed by atoms with Crippen LogP contribution in [0.4, 0.5) is 5.69 Å². The number of aliphatic imine (C=N–C) groups is 1. The number of hydrogen-bond acceptors (Lipinski definition) is 6. The summed E-state index contributed by atoms with van der Waals surface area (Å²) in [5.41, 5.74) is 1.02. The van der Waals surface area contributed by atoms with Gasteiger partial charge in [0.15, 0.2) is 5.17 Å². The van der Waals surface area contributed by atoms with Crippen LogP contribution in [0, 0.1) is 0 Å². The minimum Gasteiger partial charge on any atom is -0.462 e. The van der Waals surface area contributed by atoms with E-state index in [0.29, 0.717) is 36.1 Å². The Morgan fingerprint density at radius 1 is 1.33 bits per heavy atom. The Labute approximate surface area is 162 Å². The maximum Gasteiger partial charge on any atom is 0.338 e. The zero-order valence-electron chi connectivity index (χ0n) is 15.3. The average Bonchev–Trinajstić information content (AvgIpc) is 2.68. The molecule has 7 nitrogen and oxygen atoms in total. The van der Waals surface area contributed by atoms with Gasteiger partial charge in [-0.3, -0.25) is 19.5 Å². The predicted octanol–water partition coefficient (Wildman–Crippen LogP) is 2.68. The summed E-state index contributed by atoms with van der Waals surface area (Å²) in [6.07, 6.45) is 2.82. The maximum atomic E-state index is 12.5. The van der Waals surface area contributed by atoms with Crippen LogP contribution in [-0.2, 0) is 14.3 Å². The summed E-state index contributed by atoms with van der Waals surface area (Å²) in [5.74, 6) is -0.665. The smallest absolute Gasteiger partial charge is 0.338 e. The third-order valence-corrected chi connectivity index (χ3v) is 5.56. The van der Waals surface area contributed by atoms with Gasteiger partial charge >= 0.3 is 5.97 Å². The van der Waals surface area contributed by atoms with Gasteiger partial charge in [0.05, 0.1) is 12.2 Å². The molecule has 0 spiro atoms. The third kappa shape index (κ3) is 4.88. The molecule has 0 radical (unpaired) electrons. The van der Waals surface area contributed by atoms with Crippen molar-refractivity contribution in [1.82, 2.24) is 4.90 Å². The Hall–Kier alpha value is -2.35. The number of nitrogens with zero attached hydrogens (tertiary/aromatic N) is 2. The van der Waals surface area contributed by atoms with Crippen molar-refractivity contribution in [3.05, 3.63) is 29.8 Å². The molecule has 0 unspecified atom stereocenters. The summed E-state index contributed by atoms with van der Waals surface area (Å²) in [4.78, 5) is 42.7. The molecule has 2 aliphatic rings. The monoisotopic (exact) mass is 389 g/mol. The average molecular weight is 389 g/mol. The van der Waals surface area contributed by atoms with Gasteiger partial charge in [-0.25, -0.2) is 4.79 Å². The first-order valence-corrected chi connectivity index (χ1v) is 10.1. The van der Waals surface area contributed by atoms with E-state index in [1.807, 2.05) is 6.92 Å². The summed E-state index contributed by atoms with van der Waals surface area (Å²) in [6.45, 7) is 3.80. The number of unbranched alkanes of at least 4 members (excludes halogenated alkanes) is 1. The summed E-state index contributed by atoms with van der Waals surface area (Å²) in [5, 5.41) is 2.95. The fourth-order valence-electron chi connectivity index (χ4n) is 2.81. The van der Waals surface area contributed by atoms with Crippen LogP contribution in [0.25, 0.3) is 0 Å². The zero-order chi connectivity index (χ0) is 19.2. The van der Waals surface area contributed by atoms with Gasteiger partial charge < -0.3 is 10.1 Å². The number of thioether (sulfide) groups is 1. The van der Waals surface area contributed by atoms with Crippen molar-refractivity contribution in [2.75, 3.05) is 25.0 Å². The molecule has 0 saturated carbocycles. The molecule has 1 fully saturated rings. The van der Waals surface area contributed by atoms with Crippen LogP contribution < -0.4 is 5.32 Å². The minimum absolute atomic E-state index is 0.0578. The van der Waals surface area contributed by atoms with Crippen molar-refractivity contribution >= 4 is 40.4 Å². The number of fused-ring (bicyclic) bond motifs is 1. The van der Waals surface area contributed by atoms with Gasteiger partial charge in [0, 0.05) is 25.2 Å². The van der Waals surface area contributed by atoms with E-state index in [4.69, 9.17) is 4.74 Å². The highest BCUT2D eigenvalue weighted by Crippen LogP contribution is 2.29. The number of amides is 2. The lowest BCUT2D eigenvalue weighted by molar-refractivity contribution is -0.129. The van der Waals surface area contributed by atoms with Crippen molar-refractivity contribution in [2.45, 2.75) is 37.9 Å². The Morgan fingerprint density at radius 3 is 2.85 bits per heavy atom. The highest BCUT2D eigenvalue weighted by Gasteiger charge is 2.36. The maximum absolute atomic E-state index is 12.5. The molecule has 0 aliphatic carbocycles. The van der Waals surface area contributed by atoms with Crippen molar-refractivity contribution in [2.24, 2.45) is 4.99 Å². The molecule has 8 heteroatoms. The second kappa shape index (κ2) is 9.03. The standard InChI is InChI=1S/C19H23N3O4S/c1-2-3-11-26-18(25)13-5-7-14(8-6-13)21-17(24)15-12-16(23)22-10-4-9-20-19(22)27-15/h5-8,15H,2-4,9-12H2,1H3,(H,21,24)/t15-/m1/s1. The molecule has 2 aliphatic heterocycles. The number of esters is 1. The zero-order valence-corrected chi connectivity index (χ0v) is 16.1. The van der Waals surface area contributed by atoms with E-state index in [1.54, 1.807) is 29.2 Å². The molecule has 2 heterocycles. The summed E-state index contributed by atoms with van der Waals surface area (Å²) < 4.78 is 5.16. The van der Waals surface area contributed by atoms with Gasteiger partial charge in [-0.15, -0.1) is 0 Å². The lowest BCUT2D eigenvalue weighted by atomic mass is 10.2. The highest BCUT2D eigenvalue weighted by molar-refractivity contribution is 8.15. The van der Waals surface area contributed by atoms with Crippen molar-refractivity contribution < 1.29 is 19.1 Å². The Balaban J connectivity index is 1.57. The van der Waals surface area contributed by atoms with Gasteiger partial charge in [0.1, 0.15) is 5.25 Å². The van der Waals surface area contributed by atoms with Crippen molar-refractivity contribution in [3.8, 4) is 0 Å². The summed E-state index contributed by atoms with van der Waals surface area (Å²) >= 11 is 1.33. The van der Waals surface area contributed by atoms with Gasteiger partial charge in [0.2, 0.25) is 11.8 Å². The van der Waals surface area contributed by atoms with E-state index in [2.05, 4.69) is 10.3 Å². The summed E-state index contributed by atoms with van der Waals surface area (Å²) in [7, 11) is 0. The quantitative estimate of drug-likeness (QED) is 0.597. The molecule has 2 amide bonds. The first kappa shape index (κ1) is 19.4. The minimum atomic E-state index is -0.496. The Morgan fingerprint density at radius 2 is 2.11 bits per heavy atom. The molecular weight excluding hydrogens is 366 g/mol. The highest BCUT2D eigenvalue weighted by atomic mass is 32.2. The molecule has 1 aromatic carbocycles. The number of amidine groups is 1. The van der Waals surface area contributed by atoms with Gasteiger partial charge in [-0.2, -0.15) is 0 Å². The van der Waals surface area contributed by atoms with E-state index >= 15 is 0 Å². The molecule has 1 saturated heterocycles. The van der Waals surface area contributed by atoms with E-state index in [0.717, 1.165) is 19.3 Å². The van der Waals surface area contributed by atoms with Crippen LogP contribution in [-0.4, -0.2) is 52.8 Å². The van der Waals surface area contributed by atoms with E-state index in [1.165, 1.54) is 11.8 Å². The molecule has 1 N–H and O–H groups in total. The number of carbonyl (C=O) groups is 3. The fraction of sp³-hybridized carbons (Fsp3) is 0.474. The molecule has 27 heavy (non-hydrogen) atoms. The lowest BCUT2D eigenvalue weighted by Crippen LogP contribution is -2.47. The van der Waals surface area contributed by atoms with E-state index in [9.17, 15) is 14.4 Å². The Bertz CT molecular complexity index is 748. The van der Waals surface area contributed by atoms with Crippen LogP contribution in [0.3, 0.4) is 0 Å². The molecule has 0 aromatic heterocycles. The SMILES string of the molecule is CCCCOC(=O)c1ccc(NC(=O)[C@H]2CC(=O)N3CCCN=C3S2)cc1. The number of carbonyl (C=O) groups excluding carboxylic acids is 3. The van der Waals surface area contributed by atoms with Crippen LogP contribution >= 0.6 is 11.8 Å². The van der Waals surface area contributed by atoms with Gasteiger partial charge in [-0.1, -0.05) is 25.1 Å². The Kier molecular flexibility index (Phi) is 6.49. The molecule has 1 atom stereocenters. The fourth-order valence-corrected chi connectivity index (χ4v) is 3.94. The number of rotatable bonds is 6. The molecule has 144 valence electrons. The second-order valence-electron chi connectivity index (χ2n) is 6.43. The first-order chi connectivity index (χ1) is 13.1. The largest absolute Gasteiger partial charge is 0.462 e. The number of ether oxygens (including phenoxy) is 1. The van der Waals surface area contributed by atoms with Crippen molar-refractivity contribution in [3.63, 3.8) is 0 Å². The van der Waals surface area contributed by atoms with Gasteiger partial charge in [-0.05, 0) is 37.1 Å². The molecule has 1 aromatic rings. The van der Waals surface area contributed by atoms with E-state index in [-0.39, 0.29) is 24.2 Å². The topological polar surface area (TPSA) is 88.1 Å². The number of benzene rings is 1. The van der Waals surface area contributed by atoms with Crippen molar-refractivity contribution in [1.29, 1.82) is 0 Å². The van der Waals surface area contributed by atoms with Crippen LogP contribution in [0.2, 0.25) is 0 Å². The number of hydrogen-bond donors (Lipinski definition) is 1. The molecular formula is C19H23N3O4S. The number of anilines is 1. The normalized spacial score (nSPS) is 19.1. The molecule has 3 rings (SSSR count). The first-order valence-electron chi connectivity index (χ1n) is 9.18. The predicted molar refractivity (Wildman–Crippen MR) is 105 cm³/mol. The molecule has 0 bridgehead atoms. The third-order valence-electron chi connectivity index (χ3n) is 4.34. The van der Waals surface area contributed by atoms with Gasteiger partial charge in [0.25, 0.3) is 0 Å². The van der Waals surface area contributed by atoms with Crippen LogP contribution in [0.5, 0.6) is 0 Å².